The first kappa shape index (κ1) is 31.1. The van der Waals surface area contributed by atoms with Crippen LogP contribution < -0.4 is 20.4 Å². The molecule has 0 heterocycles. The number of aromatic hydroxyl groups is 2. The standard InChI is InChI=1S/C42H41O3P/c1-3-4-32-46(39-14-8-5-9-15-39,40-16-10-6-11-17-40,41-18-12-7-13-19-41)45-38-30-24-35(25-31-38)42(2,33-20-26-36(43)27-21-33)34-22-28-37(44)29-23-34/h5-31,43-44H,3-4,32H2,1-2H3. The summed E-state index contributed by atoms with van der Waals surface area (Å²) in [4.78, 5) is 0. The van der Waals surface area contributed by atoms with Crippen LogP contribution >= 0.6 is 6.83 Å². The van der Waals surface area contributed by atoms with Crippen molar-refractivity contribution in [1.29, 1.82) is 0 Å². The maximum absolute atomic E-state index is 10.1. The second kappa shape index (κ2) is 12.9. The molecule has 6 aromatic carbocycles. The van der Waals surface area contributed by atoms with Gasteiger partial charge in [0.05, 0.1) is 0 Å². The molecule has 6 aromatic rings. The van der Waals surface area contributed by atoms with Gasteiger partial charge >= 0.3 is 273 Å². The summed E-state index contributed by atoms with van der Waals surface area (Å²) in [5, 5.41) is 23.8. The summed E-state index contributed by atoms with van der Waals surface area (Å²) >= 11 is 0. The molecule has 0 saturated heterocycles. The molecular formula is C42H41O3P. The van der Waals surface area contributed by atoms with E-state index in [1.807, 2.05) is 24.3 Å². The average Bonchev–Trinajstić information content (AvgIpc) is 3.12. The van der Waals surface area contributed by atoms with Gasteiger partial charge in [0.2, 0.25) is 0 Å². The van der Waals surface area contributed by atoms with Gasteiger partial charge in [0.1, 0.15) is 0 Å². The van der Waals surface area contributed by atoms with E-state index in [4.69, 9.17) is 4.52 Å². The Kier molecular flexibility index (Phi) is 8.71. The Morgan fingerprint density at radius 3 is 1.20 bits per heavy atom. The van der Waals surface area contributed by atoms with Gasteiger partial charge in [-0.1, -0.05) is 0 Å². The Labute approximate surface area is 272 Å². The van der Waals surface area contributed by atoms with Crippen molar-refractivity contribution in [2.45, 2.75) is 32.1 Å². The van der Waals surface area contributed by atoms with Crippen LogP contribution in [0.1, 0.15) is 43.4 Å². The number of benzene rings is 6. The van der Waals surface area contributed by atoms with Crippen LogP contribution in [-0.4, -0.2) is 16.4 Å². The summed E-state index contributed by atoms with van der Waals surface area (Å²) < 4.78 is 7.72. The molecule has 232 valence electrons. The molecule has 0 spiro atoms. The van der Waals surface area contributed by atoms with E-state index in [2.05, 4.69) is 129 Å². The maximum atomic E-state index is 10.1. The van der Waals surface area contributed by atoms with Gasteiger partial charge in [-0.2, -0.15) is 0 Å². The van der Waals surface area contributed by atoms with Crippen LogP contribution in [0, 0.1) is 0 Å². The Balaban J connectivity index is 1.56. The fourth-order valence-electron chi connectivity index (χ4n) is 6.90. The number of phenols is 2. The van der Waals surface area contributed by atoms with Crippen molar-refractivity contribution in [1.82, 2.24) is 0 Å². The van der Waals surface area contributed by atoms with Crippen molar-refractivity contribution in [2.75, 3.05) is 6.16 Å². The fourth-order valence-corrected chi connectivity index (χ4v) is 12.9. The van der Waals surface area contributed by atoms with E-state index in [-0.39, 0.29) is 11.5 Å². The van der Waals surface area contributed by atoms with E-state index in [9.17, 15) is 10.2 Å². The van der Waals surface area contributed by atoms with Crippen LogP contribution in [-0.2, 0) is 5.41 Å². The van der Waals surface area contributed by atoms with Crippen LogP contribution in [0.4, 0.5) is 0 Å². The fraction of sp³-hybridized carbons (Fsp3) is 0.143. The third-order valence-electron chi connectivity index (χ3n) is 9.47. The predicted molar refractivity (Wildman–Crippen MR) is 194 cm³/mol. The summed E-state index contributed by atoms with van der Waals surface area (Å²) in [6, 6.07) is 55.7. The first-order valence-electron chi connectivity index (χ1n) is 16.0. The third kappa shape index (κ3) is 5.36. The van der Waals surface area contributed by atoms with Gasteiger partial charge in [0.25, 0.3) is 0 Å². The monoisotopic (exact) mass is 624 g/mol. The molecule has 3 nitrogen and oxygen atoms in total. The number of rotatable bonds is 11. The summed E-state index contributed by atoms with van der Waals surface area (Å²) in [7, 11) is 0. The molecule has 2 N–H and O–H groups in total. The van der Waals surface area contributed by atoms with E-state index in [1.54, 1.807) is 24.3 Å². The zero-order valence-electron chi connectivity index (χ0n) is 26.5. The minimum absolute atomic E-state index is 0.224. The zero-order valence-corrected chi connectivity index (χ0v) is 27.4. The normalized spacial score (nSPS) is 12.6. The second-order valence-corrected chi connectivity index (χ2v) is 16.7. The van der Waals surface area contributed by atoms with Gasteiger partial charge in [-0.15, -0.1) is 0 Å². The molecular weight excluding hydrogens is 583 g/mol. The number of phenolic OH excluding ortho intramolecular Hbond substituents is 2. The zero-order chi connectivity index (χ0) is 32.1. The van der Waals surface area contributed by atoms with Crippen LogP contribution in [0.3, 0.4) is 0 Å². The van der Waals surface area contributed by atoms with Crippen LogP contribution in [0.25, 0.3) is 0 Å². The topological polar surface area (TPSA) is 49.7 Å². The molecule has 0 amide bonds. The van der Waals surface area contributed by atoms with E-state index >= 15 is 0 Å². The van der Waals surface area contributed by atoms with E-state index in [0.717, 1.165) is 41.4 Å². The van der Waals surface area contributed by atoms with Gasteiger partial charge < -0.3 is 0 Å². The molecule has 0 aliphatic rings. The van der Waals surface area contributed by atoms with Gasteiger partial charge in [0, 0.05) is 0 Å². The Morgan fingerprint density at radius 2 is 0.848 bits per heavy atom. The predicted octanol–water partition coefficient (Wildman–Crippen LogP) is 9.08. The summed E-state index contributed by atoms with van der Waals surface area (Å²) in [5.41, 5.74) is 2.59. The third-order valence-corrected chi connectivity index (χ3v) is 15.4. The van der Waals surface area contributed by atoms with Crippen LogP contribution in [0.5, 0.6) is 17.2 Å². The van der Waals surface area contributed by atoms with E-state index in [1.165, 1.54) is 15.9 Å². The molecule has 0 bridgehead atoms. The van der Waals surface area contributed by atoms with Crippen molar-refractivity contribution < 1.29 is 14.7 Å². The van der Waals surface area contributed by atoms with Crippen LogP contribution in [0.15, 0.2) is 164 Å². The molecule has 0 unspecified atom stereocenters. The van der Waals surface area contributed by atoms with Gasteiger partial charge in [0.15, 0.2) is 0 Å². The minimum atomic E-state index is -3.53. The number of hydrogen-bond acceptors (Lipinski definition) is 3. The van der Waals surface area contributed by atoms with Crippen molar-refractivity contribution in [3.05, 3.63) is 180 Å². The molecule has 0 aliphatic heterocycles. The summed E-state index contributed by atoms with van der Waals surface area (Å²) in [5.74, 6) is 1.26. The quantitative estimate of drug-likeness (QED) is 0.112. The van der Waals surface area contributed by atoms with E-state index < -0.39 is 12.2 Å². The first-order chi connectivity index (χ1) is 22.4. The van der Waals surface area contributed by atoms with Gasteiger partial charge in [-0.25, -0.2) is 0 Å². The molecule has 46 heavy (non-hydrogen) atoms. The molecule has 0 radical (unpaired) electrons. The molecule has 0 aliphatic carbocycles. The van der Waals surface area contributed by atoms with Crippen molar-refractivity contribution in [2.24, 2.45) is 0 Å². The Hall–Kier alpha value is -4.85. The van der Waals surface area contributed by atoms with Gasteiger partial charge in [-0.05, 0) is 0 Å². The molecule has 0 aromatic heterocycles. The van der Waals surface area contributed by atoms with Crippen LogP contribution in [0.2, 0.25) is 0 Å². The SMILES string of the molecule is CCCCP(Oc1ccc(C(C)(c2ccc(O)cc2)c2ccc(O)cc2)cc1)(c1ccccc1)(c1ccccc1)c1ccccc1. The Bertz CT molecular complexity index is 1710. The van der Waals surface area contributed by atoms with Crippen molar-refractivity contribution in [3.8, 4) is 17.2 Å². The summed E-state index contributed by atoms with van der Waals surface area (Å²) in [6.07, 6.45) is 2.93. The molecule has 0 saturated carbocycles. The average molecular weight is 625 g/mol. The summed E-state index contributed by atoms with van der Waals surface area (Å²) in [6.45, 7) is 0.901. The number of unbranched alkanes of at least 4 members (excludes halogenated alkanes) is 1. The second-order valence-electron chi connectivity index (χ2n) is 12.1. The Morgan fingerprint density at radius 1 is 0.500 bits per heavy atom. The van der Waals surface area contributed by atoms with E-state index in [0.29, 0.717) is 0 Å². The first-order valence-corrected chi connectivity index (χ1v) is 18.3. The molecule has 0 atom stereocenters. The number of hydrogen-bond donors (Lipinski definition) is 2. The molecule has 4 heteroatoms. The van der Waals surface area contributed by atoms with Gasteiger partial charge in [-0.3, -0.25) is 0 Å². The molecule has 6 rings (SSSR count). The van der Waals surface area contributed by atoms with Crippen molar-refractivity contribution in [3.63, 3.8) is 0 Å². The van der Waals surface area contributed by atoms with Crippen molar-refractivity contribution >= 4 is 22.7 Å². The molecule has 0 fully saturated rings.